The predicted molar refractivity (Wildman–Crippen MR) is 167 cm³/mol. The van der Waals surface area contributed by atoms with Gasteiger partial charge >= 0.3 is 5.97 Å². The number of carbonyl (C=O) groups excluding carboxylic acids is 2. The van der Waals surface area contributed by atoms with Crippen LogP contribution in [0.4, 0.5) is 11.6 Å². The fourth-order valence-corrected chi connectivity index (χ4v) is 5.96. The van der Waals surface area contributed by atoms with Gasteiger partial charge in [-0.1, -0.05) is 30.9 Å². The van der Waals surface area contributed by atoms with E-state index in [0.29, 0.717) is 31.3 Å². The van der Waals surface area contributed by atoms with Crippen LogP contribution in [0.25, 0.3) is 12.2 Å². The van der Waals surface area contributed by atoms with Crippen LogP contribution in [0.1, 0.15) is 95.5 Å². The van der Waals surface area contributed by atoms with Gasteiger partial charge in [-0.3, -0.25) is 9.59 Å². The Hall–Kier alpha value is -3.39. The molecule has 3 N–H and O–H groups in total. The Morgan fingerprint density at radius 1 is 1.20 bits per heavy atom. The van der Waals surface area contributed by atoms with Crippen molar-refractivity contribution in [3.8, 4) is 0 Å². The molecule has 1 fully saturated rings. The largest absolute Gasteiger partial charge is 0.460 e. The number of hydrogen-bond acceptors (Lipinski definition) is 6. The van der Waals surface area contributed by atoms with Gasteiger partial charge in [-0.2, -0.15) is 0 Å². The first-order valence-electron chi connectivity index (χ1n) is 15.1. The van der Waals surface area contributed by atoms with Crippen molar-refractivity contribution in [3.05, 3.63) is 53.9 Å². The monoisotopic (exact) mass is 561 g/mol. The van der Waals surface area contributed by atoms with Gasteiger partial charge in [-0.15, -0.1) is 0 Å². The fourth-order valence-electron chi connectivity index (χ4n) is 5.96. The third-order valence-electron chi connectivity index (χ3n) is 7.93. The number of para-hydroxylation sites is 1. The number of nitrogens with zero attached hydrogens (tertiary/aromatic N) is 2. The van der Waals surface area contributed by atoms with Crippen LogP contribution in [0.5, 0.6) is 0 Å². The van der Waals surface area contributed by atoms with Crippen molar-refractivity contribution < 1.29 is 14.3 Å². The molecule has 0 spiro atoms. The fraction of sp³-hybridized carbons (Fsp3) is 0.545. The number of benzene rings is 1. The molecule has 0 radical (unpaired) electrons. The maximum atomic E-state index is 13.2. The van der Waals surface area contributed by atoms with Gasteiger partial charge in [0, 0.05) is 31.2 Å². The van der Waals surface area contributed by atoms with E-state index >= 15 is 0 Å². The quantitative estimate of drug-likeness (QED) is 0.220. The number of H-pyrrole nitrogens is 1. The molecule has 41 heavy (non-hydrogen) atoms. The number of allylic oxidation sites excluding steroid dienone is 1. The molecule has 1 unspecified atom stereocenters. The highest BCUT2D eigenvalue weighted by Crippen LogP contribution is 2.37. The third kappa shape index (κ3) is 8.55. The predicted octanol–water partition coefficient (Wildman–Crippen LogP) is 6.29. The zero-order valence-corrected chi connectivity index (χ0v) is 25.2. The number of fused-ring (bicyclic) bond motifs is 1. The summed E-state index contributed by atoms with van der Waals surface area (Å²) in [6.45, 7) is 13.8. The lowest BCUT2D eigenvalue weighted by Crippen LogP contribution is -2.38. The van der Waals surface area contributed by atoms with Gasteiger partial charge in [0.15, 0.2) is 0 Å². The summed E-state index contributed by atoms with van der Waals surface area (Å²) in [7, 11) is 0. The summed E-state index contributed by atoms with van der Waals surface area (Å²) < 4.78 is 5.58. The van der Waals surface area contributed by atoms with Crippen molar-refractivity contribution in [3.63, 3.8) is 0 Å². The van der Waals surface area contributed by atoms with E-state index in [0.717, 1.165) is 67.4 Å². The minimum absolute atomic E-state index is 0.0222. The average molecular weight is 562 g/mol. The second kappa shape index (κ2) is 14.0. The standard InChI is InChI=1S/C33H47N5O3/c1-6-10-28-27(7-2)36-32(37-28)35-25-16-13-23(14-17-25)22-34-19-20-38-29-12-9-8-11-26(29)24(15-18-30(38)39)21-31(40)41-33(3,4)5/h6-12,23-25,34H,2,13-22H2,1,3-5H3,(H2,35,36,37)/b10-6-. The zero-order chi connectivity index (χ0) is 29.4. The van der Waals surface area contributed by atoms with E-state index in [1.54, 1.807) is 6.08 Å². The summed E-state index contributed by atoms with van der Waals surface area (Å²) >= 11 is 0. The summed E-state index contributed by atoms with van der Waals surface area (Å²) in [6.07, 6.45) is 11.7. The van der Waals surface area contributed by atoms with Crippen LogP contribution in [-0.2, 0) is 14.3 Å². The van der Waals surface area contributed by atoms with Crippen molar-refractivity contribution in [2.75, 3.05) is 29.9 Å². The van der Waals surface area contributed by atoms with Crippen LogP contribution in [-0.4, -0.2) is 53.1 Å². The van der Waals surface area contributed by atoms with E-state index in [-0.39, 0.29) is 24.2 Å². The molecule has 8 heteroatoms. The first-order valence-corrected chi connectivity index (χ1v) is 15.1. The molecular weight excluding hydrogens is 514 g/mol. The average Bonchev–Trinajstić information content (AvgIpc) is 3.26. The van der Waals surface area contributed by atoms with Crippen molar-refractivity contribution in [2.24, 2.45) is 5.92 Å². The minimum Gasteiger partial charge on any atom is -0.460 e. The number of aromatic amines is 1. The van der Waals surface area contributed by atoms with Crippen molar-refractivity contribution in [1.82, 2.24) is 15.3 Å². The number of carbonyl (C=O) groups is 2. The molecule has 2 aromatic rings. The lowest BCUT2D eigenvalue weighted by Gasteiger charge is -2.29. The number of hydrogen-bond donors (Lipinski definition) is 3. The van der Waals surface area contributed by atoms with Gasteiger partial charge in [0.05, 0.1) is 17.8 Å². The zero-order valence-electron chi connectivity index (χ0n) is 25.2. The lowest BCUT2D eigenvalue weighted by atomic mass is 9.86. The molecular formula is C33H47N5O3. The Balaban J connectivity index is 1.25. The van der Waals surface area contributed by atoms with Gasteiger partial charge in [0.2, 0.25) is 11.9 Å². The topological polar surface area (TPSA) is 99.4 Å². The normalized spacial score (nSPS) is 21.4. The van der Waals surface area contributed by atoms with Crippen LogP contribution >= 0.6 is 0 Å². The molecule has 1 saturated carbocycles. The second-order valence-corrected chi connectivity index (χ2v) is 12.3. The maximum Gasteiger partial charge on any atom is 0.306 e. The third-order valence-corrected chi connectivity index (χ3v) is 7.93. The molecule has 1 aliphatic carbocycles. The minimum atomic E-state index is -0.518. The summed E-state index contributed by atoms with van der Waals surface area (Å²) in [5.74, 6) is 1.31. The number of amides is 1. The molecule has 4 rings (SSSR count). The Labute approximate surface area is 245 Å². The Morgan fingerprint density at radius 2 is 1.95 bits per heavy atom. The van der Waals surface area contributed by atoms with Crippen molar-refractivity contribution >= 4 is 35.7 Å². The van der Waals surface area contributed by atoms with Gasteiger partial charge in [0.1, 0.15) is 5.60 Å². The van der Waals surface area contributed by atoms with E-state index in [4.69, 9.17) is 4.74 Å². The van der Waals surface area contributed by atoms with Gasteiger partial charge < -0.3 is 25.3 Å². The lowest BCUT2D eigenvalue weighted by molar-refractivity contribution is -0.155. The second-order valence-electron chi connectivity index (χ2n) is 12.3. The van der Waals surface area contributed by atoms with Crippen LogP contribution in [0.15, 0.2) is 36.9 Å². The Morgan fingerprint density at radius 3 is 2.66 bits per heavy atom. The molecule has 2 heterocycles. The van der Waals surface area contributed by atoms with Crippen molar-refractivity contribution in [2.45, 2.75) is 90.2 Å². The highest BCUT2D eigenvalue weighted by molar-refractivity contribution is 5.95. The highest BCUT2D eigenvalue weighted by Gasteiger charge is 2.30. The number of nitrogens with one attached hydrogen (secondary N) is 3. The van der Waals surface area contributed by atoms with E-state index in [2.05, 4.69) is 33.2 Å². The van der Waals surface area contributed by atoms with Crippen LogP contribution < -0.4 is 15.5 Å². The molecule has 222 valence electrons. The highest BCUT2D eigenvalue weighted by atomic mass is 16.6. The summed E-state index contributed by atoms with van der Waals surface area (Å²) in [6, 6.07) is 8.43. The number of aromatic nitrogens is 2. The number of anilines is 2. The van der Waals surface area contributed by atoms with E-state index < -0.39 is 5.60 Å². The molecule has 8 nitrogen and oxygen atoms in total. The first kappa shape index (κ1) is 30.6. The van der Waals surface area contributed by atoms with Crippen LogP contribution in [0.2, 0.25) is 0 Å². The molecule has 1 aromatic heterocycles. The van der Waals surface area contributed by atoms with Crippen LogP contribution in [0, 0.1) is 5.92 Å². The smallest absolute Gasteiger partial charge is 0.306 e. The maximum absolute atomic E-state index is 13.2. The SMILES string of the molecule is C=Cc1nc(NC2CCC(CNCCN3C(=O)CCC(CC(=O)OC(C)(C)C)c4ccccc43)CC2)[nH]c1/C=C\C. The van der Waals surface area contributed by atoms with E-state index in [9.17, 15) is 9.59 Å². The molecule has 1 aromatic carbocycles. The van der Waals surface area contributed by atoms with E-state index in [1.807, 2.05) is 62.9 Å². The summed E-state index contributed by atoms with van der Waals surface area (Å²) in [5, 5.41) is 7.18. The van der Waals surface area contributed by atoms with Gasteiger partial charge in [0.25, 0.3) is 0 Å². The Bertz CT molecular complexity index is 1220. The number of ether oxygens (including phenoxy) is 1. The molecule has 1 atom stereocenters. The molecule has 0 bridgehead atoms. The van der Waals surface area contributed by atoms with Gasteiger partial charge in [-0.05, 0) is 102 Å². The number of imidazole rings is 1. The molecule has 1 amide bonds. The first-order chi connectivity index (χ1) is 19.7. The molecule has 1 aliphatic heterocycles. The summed E-state index contributed by atoms with van der Waals surface area (Å²) in [5.41, 5.74) is 3.31. The molecule has 0 saturated heterocycles. The van der Waals surface area contributed by atoms with Gasteiger partial charge in [-0.25, -0.2) is 4.98 Å². The number of esters is 1. The number of rotatable bonds is 11. The Kier molecular flexibility index (Phi) is 10.4. The summed E-state index contributed by atoms with van der Waals surface area (Å²) in [4.78, 5) is 35.6. The molecule has 2 aliphatic rings. The van der Waals surface area contributed by atoms with Crippen LogP contribution in [0.3, 0.4) is 0 Å². The van der Waals surface area contributed by atoms with E-state index in [1.165, 1.54) is 0 Å². The van der Waals surface area contributed by atoms with Crippen molar-refractivity contribution in [1.29, 1.82) is 0 Å².